The van der Waals surface area contributed by atoms with Crippen LogP contribution < -0.4 is 4.72 Å². The van der Waals surface area contributed by atoms with E-state index in [1.54, 1.807) is 6.92 Å². The van der Waals surface area contributed by atoms with Crippen molar-refractivity contribution < 1.29 is 13.5 Å². The molecule has 0 heterocycles. The van der Waals surface area contributed by atoms with Crippen LogP contribution in [0.25, 0.3) is 0 Å². The molecule has 2 N–H and O–H groups in total. The van der Waals surface area contributed by atoms with Crippen LogP contribution in [-0.4, -0.2) is 26.2 Å². The van der Waals surface area contributed by atoms with Crippen molar-refractivity contribution in [3.05, 3.63) is 29.3 Å². The molecule has 0 aliphatic rings. The first kappa shape index (κ1) is 14.4. The number of rotatable bonds is 6. The Hall–Kier alpha value is -0.620. The van der Waals surface area contributed by atoms with Gasteiger partial charge in [0.25, 0.3) is 0 Å². The largest absolute Gasteiger partial charge is 0.396 e. The molecule has 1 atom stereocenters. The highest BCUT2D eigenvalue weighted by atomic mass is 35.5. The predicted octanol–water partition coefficient (Wildman–Crippen LogP) is 1.78. The summed E-state index contributed by atoms with van der Waals surface area (Å²) in [6.07, 6.45) is 1.17. The molecule has 1 aromatic carbocycles. The molecule has 0 fully saturated rings. The highest BCUT2D eigenvalue weighted by Crippen LogP contribution is 2.14. The molecule has 96 valence electrons. The molecule has 1 rings (SSSR count). The van der Waals surface area contributed by atoms with Crippen LogP contribution in [0.1, 0.15) is 19.8 Å². The molecule has 0 aliphatic carbocycles. The number of benzene rings is 1. The monoisotopic (exact) mass is 277 g/mol. The number of aliphatic hydroxyl groups is 1. The van der Waals surface area contributed by atoms with Gasteiger partial charge in [0.15, 0.2) is 0 Å². The van der Waals surface area contributed by atoms with Gasteiger partial charge in [-0.05, 0) is 44.0 Å². The van der Waals surface area contributed by atoms with Crippen LogP contribution in [0, 0.1) is 0 Å². The van der Waals surface area contributed by atoms with Crippen LogP contribution in [0.5, 0.6) is 0 Å². The quantitative estimate of drug-likeness (QED) is 0.833. The topological polar surface area (TPSA) is 66.4 Å². The fourth-order valence-corrected chi connectivity index (χ4v) is 2.81. The van der Waals surface area contributed by atoms with Crippen molar-refractivity contribution in [2.45, 2.75) is 30.7 Å². The van der Waals surface area contributed by atoms with E-state index in [0.717, 1.165) is 0 Å². The maximum absolute atomic E-state index is 11.9. The number of aliphatic hydroxyl groups excluding tert-OH is 1. The minimum atomic E-state index is -3.50. The minimum Gasteiger partial charge on any atom is -0.396 e. The molecular weight excluding hydrogens is 262 g/mol. The van der Waals surface area contributed by atoms with Crippen LogP contribution in [0.2, 0.25) is 5.02 Å². The van der Waals surface area contributed by atoms with E-state index in [1.807, 2.05) is 0 Å². The summed E-state index contributed by atoms with van der Waals surface area (Å²) < 4.78 is 26.3. The van der Waals surface area contributed by atoms with E-state index < -0.39 is 10.0 Å². The maximum Gasteiger partial charge on any atom is 0.240 e. The molecule has 0 amide bonds. The second kappa shape index (κ2) is 6.35. The molecule has 0 saturated carbocycles. The summed E-state index contributed by atoms with van der Waals surface area (Å²) >= 11 is 5.69. The lowest BCUT2D eigenvalue weighted by Crippen LogP contribution is -2.32. The van der Waals surface area contributed by atoms with Crippen molar-refractivity contribution in [2.24, 2.45) is 0 Å². The van der Waals surface area contributed by atoms with Crippen molar-refractivity contribution in [1.29, 1.82) is 0 Å². The minimum absolute atomic E-state index is 0.0625. The lowest BCUT2D eigenvalue weighted by molar-refractivity contribution is 0.279. The summed E-state index contributed by atoms with van der Waals surface area (Å²) in [5, 5.41) is 9.17. The van der Waals surface area contributed by atoms with Gasteiger partial charge in [-0.3, -0.25) is 0 Å². The van der Waals surface area contributed by atoms with Gasteiger partial charge in [-0.15, -0.1) is 0 Å². The number of nitrogens with one attached hydrogen (secondary N) is 1. The third-order valence-electron chi connectivity index (χ3n) is 2.28. The van der Waals surface area contributed by atoms with E-state index in [1.165, 1.54) is 24.3 Å². The zero-order valence-electron chi connectivity index (χ0n) is 9.56. The second-order valence-corrected chi connectivity index (χ2v) is 5.99. The van der Waals surface area contributed by atoms with Crippen LogP contribution in [-0.2, 0) is 10.0 Å². The van der Waals surface area contributed by atoms with Gasteiger partial charge >= 0.3 is 0 Å². The van der Waals surface area contributed by atoms with Crippen molar-refractivity contribution in [3.63, 3.8) is 0 Å². The highest BCUT2D eigenvalue weighted by molar-refractivity contribution is 7.89. The SMILES string of the molecule is CC(CCCO)NS(=O)(=O)c1ccc(Cl)cc1. The Balaban J connectivity index is 2.71. The molecule has 1 unspecified atom stereocenters. The van der Waals surface area contributed by atoms with Crippen molar-refractivity contribution >= 4 is 21.6 Å². The third-order valence-corrected chi connectivity index (χ3v) is 4.13. The molecule has 0 spiro atoms. The molecule has 0 bridgehead atoms. The fourth-order valence-electron chi connectivity index (χ4n) is 1.40. The number of halogens is 1. The van der Waals surface area contributed by atoms with Crippen molar-refractivity contribution in [2.75, 3.05) is 6.61 Å². The zero-order chi connectivity index (χ0) is 12.9. The maximum atomic E-state index is 11.9. The molecule has 17 heavy (non-hydrogen) atoms. The summed E-state index contributed by atoms with van der Waals surface area (Å²) in [6, 6.07) is 5.79. The van der Waals surface area contributed by atoms with E-state index in [9.17, 15) is 8.42 Å². The van der Waals surface area contributed by atoms with Gasteiger partial charge < -0.3 is 5.11 Å². The molecule has 0 aliphatic heterocycles. The first-order valence-electron chi connectivity index (χ1n) is 5.34. The van der Waals surface area contributed by atoms with Crippen molar-refractivity contribution in [3.8, 4) is 0 Å². The van der Waals surface area contributed by atoms with E-state index >= 15 is 0 Å². The number of hydrogen-bond donors (Lipinski definition) is 2. The van der Waals surface area contributed by atoms with Gasteiger partial charge in [0.2, 0.25) is 10.0 Å². The first-order chi connectivity index (χ1) is 7.95. The van der Waals surface area contributed by atoms with Crippen LogP contribution in [0.3, 0.4) is 0 Å². The summed E-state index contributed by atoms with van der Waals surface area (Å²) in [7, 11) is -3.50. The van der Waals surface area contributed by atoms with Crippen LogP contribution in [0.4, 0.5) is 0 Å². The fraction of sp³-hybridized carbons (Fsp3) is 0.455. The Morgan fingerprint density at radius 3 is 2.47 bits per heavy atom. The third kappa shape index (κ3) is 4.63. The first-order valence-corrected chi connectivity index (χ1v) is 7.20. The van der Waals surface area contributed by atoms with Crippen molar-refractivity contribution in [1.82, 2.24) is 4.72 Å². The van der Waals surface area contributed by atoms with Gasteiger partial charge in [-0.1, -0.05) is 11.6 Å². The summed E-state index contributed by atoms with van der Waals surface area (Å²) in [5.41, 5.74) is 0. The summed E-state index contributed by atoms with van der Waals surface area (Å²) in [6.45, 7) is 1.83. The Kier molecular flexibility index (Phi) is 5.39. The molecule has 6 heteroatoms. The second-order valence-electron chi connectivity index (χ2n) is 3.84. The van der Waals surface area contributed by atoms with E-state index in [4.69, 9.17) is 16.7 Å². The molecule has 4 nitrogen and oxygen atoms in total. The standard InChI is InChI=1S/C11H16ClNO3S/c1-9(3-2-8-14)13-17(15,16)11-6-4-10(12)5-7-11/h4-7,9,13-14H,2-3,8H2,1H3. The van der Waals surface area contributed by atoms with Gasteiger partial charge in [0.1, 0.15) is 0 Å². The molecule has 0 saturated heterocycles. The van der Waals surface area contributed by atoms with Gasteiger partial charge in [-0.25, -0.2) is 13.1 Å². The van der Waals surface area contributed by atoms with E-state index in [2.05, 4.69) is 4.72 Å². The Morgan fingerprint density at radius 1 is 1.35 bits per heavy atom. The van der Waals surface area contributed by atoms with Gasteiger partial charge in [-0.2, -0.15) is 0 Å². The Bertz CT molecular complexity index is 444. The average molecular weight is 278 g/mol. The Morgan fingerprint density at radius 2 is 1.94 bits per heavy atom. The molecule has 0 radical (unpaired) electrons. The van der Waals surface area contributed by atoms with Gasteiger partial charge in [0, 0.05) is 17.7 Å². The number of hydrogen-bond acceptors (Lipinski definition) is 3. The number of sulfonamides is 1. The summed E-state index contributed by atoms with van der Waals surface area (Å²) in [5.74, 6) is 0. The Labute approximate surface area is 107 Å². The lowest BCUT2D eigenvalue weighted by atomic mass is 10.2. The van der Waals surface area contributed by atoms with Crippen LogP contribution >= 0.6 is 11.6 Å². The predicted molar refractivity (Wildman–Crippen MR) is 67.6 cm³/mol. The van der Waals surface area contributed by atoms with Gasteiger partial charge in [0.05, 0.1) is 4.90 Å². The van der Waals surface area contributed by atoms with Crippen LogP contribution in [0.15, 0.2) is 29.2 Å². The lowest BCUT2D eigenvalue weighted by Gasteiger charge is -2.13. The molecular formula is C11H16ClNO3S. The van der Waals surface area contributed by atoms with E-state index in [-0.39, 0.29) is 17.5 Å². The molecule has 1 aromatic rings. The zero-order valence-corrected chi connectivity index (χ0v) is 11.1. The highest BCUT2D eigenvalue weighted by Gasteiger charge is 2.16. The van der Waals surface area contributed by atoms with E-state index in [0.29, 0.717) is 17.9 Å². The smallest absolute Gasteiger partial charge is 0.240 e. The average Bonchev–Trinajstić information content (AvgIpc) is 2.26. The molecule has 0 aromatic heterocycles. The normalized spacial score (nSPS) is 13.6. The summed E-state index contributed by atoms with van der Waals surface area (Å²) in [4.78, 5) is 0.192.